The van der Waals surface area contributed by atoms with Crippen molar-refractivity contribution in [3.63, 3.8) is 0 Å². The molecule has 1 atom stereocenters. The highest BCUT2D eigenvalue weighted by Gasteiger charge is 2.33. The van der Waals surface area contributed by atoms with Crippen LogP contribution in [0.2, 0.25) is 0 Å². The maximum atomic E-state index is 14.9. The summed E-state index contributed by atoms with van der Waals surface area (Å²) >= 11 is 0. The zero-order valence-corrected chi connectivity index (χ0v) is 20.3. The summed E-state index contributed by atoms with van der Waals surface area (Å²) in [6, 6.07) is 5.22. The van der Waals surface area contributed by atoms with Crippen molar-refractivity contribution in [3.8, 4) is 11.5 Å². The molecule has 1 aromatic heterocycles. The molecule has 1 heterocycles. The number of aryl methyl sites for hydroxylation is 1. The van der Waals surface area contributed by atoms with Crippen LogP contribution in [0, 0.1) is 12.7 Å². The van der Waals surface area contributed by atoms with E-state index in [0.29, 0.717) is 6.92 Å². The van der Waals surface area contributed by atoms with Gasteiger partial charge in [0.05, 0.1) is 29.8 Å². The molecule has 1 saturated carbocycles. The predicted molar refractivity (Wildman–Crippen MR) is 123 cm³/mol. The lowest BCUT2D eigenvalue weighted by molar-refractivity contribution is -0.275. The molecule has 1 fully saturated rings. The Hall–Kier alpha value is -3.28. The van der Waals surface area contributed by atoms with Gasteiger partial charge in [-0.15, -0.1) is 13.2 Å². The number of fused-ring (bicyclic) bond motifs is 1. The summed E-state index contributed by atoms with van der Waals surface area (Å²) in [5, 5.41) is 3.23. The third-order valence-electron chi connectivity index (χ3n) is 5.64. The molecular weight excluding hydrogens is 504 g/mol. The van der Waals surface area contributed by atoms with E-state index in [1.165, 1.54) is 25.1 Å². The summed E-state index contributed by atoms with van der Waals surface area (Å²) in [5.74, 6) is -4.89. The number of halogens is 6. The molecule has 1 aliphatic rings. The summed E-state index contributed by atoms with van der Waals surface area (Å²) < 4.78 is 96.9. The van der Waals surface area contributed by atoms with Crippen molar-refractivity contribution in [1.29, 1.82) is 0 Å². The smallest absolute Gasteiger partial charge is 0.487 e. The van der Waals surface area contributed by atoms with Crippen LogP contribution in [0.1, 0.15) is 49.7 Å². The molecule has 3 aromatic rings. The minimum absolute atomic E-state index is 0.0225. The Labute approximate surface area is 209 Å². The first-order valence-electron chi connectivity index (χ1n) is 11.6. The van der Waals surface area contributed by atoms with Crippen LogP contribution in [-0.4, -0.2) is 35.6 Å². The molecule has 37 heavy (non-hydrogen) atoms. The van der Waals surface area contributed by atoms with E-state index in [-0.39, 0.29) is 53.2 Å². The molecule has 0 saturated heterocycles. The van der Waals surface area contributed by atoms with E-state index in [1.807, 2.05) is 0 Å². The van der Waals surface area contributed by atoms with E-state index in [2.05, 4.69) is 20.0 Å². The van der Waals surface area contributed by atoms with Gasteiger partial charge in [-0.05, 0) is 32.8 Å². The van der Waals surface area contributed by atoms with E-state index in [1.54, 1.807) is 6.92 Å². The van der Waals surface area contributed by atoms with Gasteiger partial charge in [0.15, 0.2) is 11.5 Å². The monoisotopic (exact) mass is 529 g/mol. The first kappa shape index (κ1) is 26.8. The molecule has 0 amide bonds. The molecule has 12 heteroatoms. The van der Waals surface area contributed by atoms with E-state index in [0.717, 1.165) is 25.0 Å². The number of alkyl halides is 5. The van der Waals surface area contributed by atoms with Crippen LogP contribution in [0.15, 0.2) is 30.3 Å². The van der Waals surface area contributed by atoms with Crippen LogP contribution >= 0.6 is 0 Å². The number of ether oxygens (including phenoxy) is 3. The first-order chi connectivity index (χ1) is 17.3. The lowest BCUT2D eigenvalue weighted by Gasteiger charge is -2.21. The Kier molecular flexibility index (Phi) is 7.40. The van der Waals surface area contributed by atoms with Gasteiger partial charge in [-0.3, -0.25) is 0 Å². The number of hydrogen-bond donors (Lipinski definition) is 1. The molecule has 1 aliphatic carbocycles. The Morgan fingerprint density at radius 2 is 1.78 bits per heavy atom. The molecule has 0 radical (unpaired) electrons. The molecule has 0 bridgehead atoms. The Balaban J connectivity index is 1.68. The fraction of sp³-hybridized carbons (Fsp3) is 0.440. The average molecular weight is 529 g/mol. The standard InChI is InChI=1S/C25H25F6N3O3/c1-13(16-5-4-6-18(22(16)26)24(3,27)28)32-23-17-11-20(36-10-9-35-15-7-8-15)21(37-25(29,30)31)12-19(17)33-14(2)34-23/h4-6,11-13,15H,7-10H2,1-3H3,(H,32,33,34)/t13-/m1/s1. The van der Waals surface area contributed by atoms with Gasteiger partial charge in [0.25, 0.3) is 5.92 Å². The van der Waals surface area contributed by atoms with Crippen LogP contribution in [-0.2, 0) is 10.7 Å². The highest BCUT2D eigenvalue weighted by Crippen LogP contribution is 2.39. The van der Waals surface area contributed by atoms with Crippen molar-refractivity contribution in [1.82, 2.24) is 9.97 Å². The maximum Gasteiger partial charge on any atom is 0.573 e. The quantitative estimate of drug-likeness (QED) is 0.230. The third-order valence-corrected chi connectivity index (χ3v) is 5.64. The maximum absolute atomic E-state index is 14.9. The number of benzene rings is 2. The summed E-state index contributed by atoms with van der Waals surface area (Å²) in [7, 11) is 0. The van der Waals surface area contributed by atoms with Gasteiger partial charge >= 0.3 is 6.36 Å². The lowest BCUT2D eigenvalue weighted by Crippen LogP contribution is -2.18. The lowest BCUT2D eigenvalue weighted by atomic mass is 10.0. The van der Waals surface area contributed by atoms with Gasteiger partial charge < -0.3 is 19.5 Å². The zero-order chi connectivity index (χ0) is 27.0. The predicted octanol–water partition coefficient (Wildman–Crippen LogP) is 6.82. The second-order valence-electron chi connectivity index (χ2n) is 8.87. The number of nitrogens with one attached hydrogen (secondary N) is 1. The molecule has 0 spiro atoms. The molecule has 1 N–H and O–H groups in total. The van der Waals surface area contributed by atoms with Gasteiger partial charge in [0.2, 0.25) is 0 Å². The Bertz CT molecular complexity index is 1280. The van der Waals surface area contributed by atoms with Crippen LogP contribution in [0.5, 0.6) is 11.5 Å². The zero-order valence-electron chi connectivity index (χ0n) is 20.3. The van der Waals surface area contributed by atoms with Crippen LogP contribution < -0.4 is 14.8 Å². The summed E-state index contributed by atoms with van der Waals surface area (Å²) in [6.45, 7) is 3.83. The van der Waals surface area contributed by atoms with E-state index in [9.17, 15) is 26.3 Å². The molecular formula is C25H25F6N3O3. The number of rotatable bonds is 10. The van der Waals surface area contributed by atoms with Gasteiger partial charge in [-0.25, -0.2) is 23.1 Å². The van der Waals surface area contributed by atoms with Crippen molar-refractivity contribution >= 4 is 16.7 Å². The van der Waals surface area contributed by atoms with E-state index < -0.39 is 35.5 Å². The van der Waals surface area contributed by atoms with Gasteiger partial charge in [0, 0.05) is 23.9 Å². The van der Waals surface area contributed by atoms with Gasteiger partial charge in [-0.2, -0.15) is 0 Å². The molecule has 6 nitrogen and oxygen atoms in total. The van der Waals surface area contributed by atoms with Gasteiger partial charge in [0.1, 0.15) is 24.1 Å². The van der Waals surface area contributed by atoms with Crippen molar-refractivity contribution in [3.05, 3.63) is 53.1 Å². The second kappa shape index (κ2) is 10.2. The number of hydrogen-bond acceptors (Lipinski definition) is 6. The molecule has 4 rings (SSSR count). The van der Waals surface area contributed by atoms with Crippen LogP contribution in [0.25, 0.3) is 10.9 Å². The number of nitrogens with zero attached hydrogens (tertiary/aromatic N) is 2. The second-order valence-corrected chi connectivity index (χ2v) is 8.87. The largest absolute Gasteiger partial charge is 0.573 e. The summed E-state index contributed by atoms with van der Waals surface area (Å²) in [6.07, 6.45) is -2.97. The third kappa shape index (κ3) is 6.73. The molecule has 0 aliphatic heterocycles. The van der Waals surface area contributed by atoms with Crippen LogP contribution in [0.3, 0.4) is 0 Å². The molecule has 200 valence electrons. The fourth-order valence-electron chi connectivity index (χ4n) is 3.79. The highest BCUT2D eigenvalue weighted by atomic mass is 19.4. The molecule has 0 unspecified atom stereocenters. The summed E-state index contributed by atoms with van der Waals surface area (Å²) in [5.41, 5.74) is -0.674. The van der Waals surface area contributed by atoms with Crippen molar-refractivity contribution in [2.24, 2.45) is 0 Å². The SMILES string of the molecule is Cc1nc(N[C@H](C)c2cccc(C(C)(F)F)c2F)c2cc(OCCOC3CC3)c(OC(F)(F)F)cc2n1. The van der Waals surface area contributed by atoms with E-state index in [4.69, 9.17) is 9.47 Å². The molecule has 2 aromatic carbocycles. The Morgan fingerprint density at radius 3 is 2.43 bits per heavy atom. The average Bonchev–Trinajstić information content (AvgIpc) is 3.59. The topological polar surface area (TPSA) is 65.5 Å². The van der Waals surface area contributed by atoms with Crippen molar-refractivity contribution in [2.75, 3.05) is 18.5 Å². The van der Waals surface area contributed by atoms with Crippen LogP contribution in [0.4, 0.5) is 32.2 Å². The van der Waals surface area contributed by atoms with Crippen molar-refractivity contribution in [2.45, 2.75) is 58.0 Å². The minimum atomic E-state index is -4.97. The van der Waals surface area contributed by atoms with E-state index >= 15 is 0 Å². The minimum Gasteiger partial charge on any atom is -0.487 e. The summed E-state index contributed by atoms with van der Waals surface area (Å²) in [4.78, 5) is 8.49. The number of anilines is 1. The fourth-order valence-corrected chi connectivity index (χ4v) is 3.79. The Morgan fingerprint density at radius 1 is 1.05 bits per heavy atom. The number of aromatic nitrogens is 2. The first-order valence-corrected chi connectivity index (χ1v) is 11.6. The normalized spacial score (nSPS) is 15.1. The highest BCUT2D eigenvalue weighted by molar-refractivity contribution is 5.92. The van der Waals surface area contributed by atoms with Crippen molar-refractivity contribution < 1.29 is 40.6 Å². The van der Waals surface area contributed by atoms with Gasteiger partial charge in [-0.1, -0.05) is 18.2 Å².